The van der Waals surface area contributed by atoms with Crippen LogP contribution in [0, 0.1) is 0 Å². The maximum absolute atomic E-state index is 11.7. The Bertz CT molecular complexity index is 577. The molecule has 0 saturated heterocycles. The molecular formula is C14H15B2BrF6K2O2. The predicted molar refractivity (Wildman–Crippen MR) is 92.0 cm³/mol. The van der Waals surface area contributed by atoms with E-state index < -0.39 is 25.7 Å². The molecule has 2 rings (SSSR count). The third-order valence-corrected chi connectivity index (χ3v) is 2.85. The van der Waals surface area contributed by atoms with Crippen molar-refractivity contribution < 1.29 is 139 Å². The maximum Gasteiger partial charge on any atom is 1.00 e. The largest absolute Gasteiger partial charge is 1.00 e. The minimum Gasteiger partial charge on any atom is -0.522 e. The van der Waals surface area contributed by atoms with E-state index in [1.807, 2.05) is 6.07 Å². The standard InChI is InChI=1S/C7H7BF3O.C6H6O.CH2BBrF3.2K/c9-8(10,11)6-12-7-4-2-1-3-5-7;7-6-4-2-1-3-5-6;3-1-2(4,5)6;;/h1-5H,6H2;1-5,7H;1H2;;/q-1;;-1;2*+1. The topological polar surface area (TPSA) is 29.5 Å². The number of phenolic OH excluding ortho intramolecular Hbond substituents is 1. The molecule has 2 aromatic carbocycles. The molecule has 27 heavy (non-hydrogen) atoms. The van der Waals surface area contributed by atoms with Gasteiger partial charge in [-0.1, -0.05) is 36.4 Å². The normalized spacial score (nSPS) is 9.89. The number of para-hydroxylation sites is 2. The number of benzene rings is 2. The van der Waals surface area contributed by atoms with Crippen LogP contribution in [0.25, 0.3) is 0 Å². The summed E-state index contributed by atoms with van der Waals surface area (Å²) in [5, 5.41) is 7.78. The van der Waals surface area contributed by atoms with Gasteiger partial charge in [-0.05, 0) is 29.5 Å². The summed E-state index contributed by atoms with van der Waals surface area (Å²) in [5.41, 5.74) is 0. The molecule has 2 aromatic rings. The molecule has 0 aliphatic carbocycles. The Morgan fingerprint density at radius 3 is 1.37 bits per heavy atom. The van der Waals surface area contributed by atoms with Gasteiger partial charge in [0.25, 0.3) is 0 Å². The first kappa shape index (κ1) is 33.1. The van der Waals surface area contributed by atoms with E-state index in [0.717, 1.165) is 0 Å². The van der Waals surface area contributed by atoms with E-state index in [9.17, 15) is 25.9 Å². The molecule has 140 valence electrons. The van der Waals surface area contributed by atoms with Gasteiger partial charge in [0.2, 0.25) is 0 Å². The van der Waals surface area contributed by atoms with Gasteiger partial charge in [0.15, 0.2) is 0 Å². The molecule has 0 spiro atoms. The summed E-state index contributed by atoms with van der Waals surface area (Å²) in [4.78, 5) is 0. The number of halogens is 7. The van der Waals surface area contributed by atoms with Crippen molar-refractivity contribution in [1.29, 1.82) is 0 Å². The molecule has 0 aliphatic rings. The van der Waals surface area contributed by atoms with Crippen molar-refractivity contribution in [3.8, 4) is 11.5 Å². The number of rotatable bonds is 4. The first-order valence-corrected chi connectivity index (χ1v) is 8.05. The van der Waals surface area contributed by atoms with Gasteiger partial charge in [0.05, 0.1) is 6.51 Å². The van der Waals surface area contributed by atoms with Crippen LogP contribution >= 0.6 is 15.9 Å². The third kappa shape index (κ3) is 25.5. The van der Waals surface area contributed by atoms with Crippen molar-refractivity contribution in [1.82, 2.24) is 0 Å². The van der Waals surface area contributed by atoms with Crippen molar-refractivity contribution in [3.05, 3.63) is 60.7 Å². The van der Waals surface area contributed by atoms with Gasteiger partial charge in [-0.3, -0.25) is 0 Å². The summed E-state index contributed by atoms with van der Waals surface area (Å²) < 4.78 is 71.9. The zero-order valence-electron chi connectivity index (χ0n) is 14.8. The van der Waals surface area contributed by atoms with Crippen molar-refractivity contribution >= 4 is 29.9 Å². The van der Waals surface area contributed by atoms with Crippen LogP contribution in [0.5, 0.6) is 11.5 Å². The summed E-state index contributed by atoms with van der Waals surface area (Å²) in [6.07, 6.45) is 0. The molecule has 0 aromatic heterocycles. The molecule has 0 saturated carbocycles. The second kappa shape index (κ2) is 18.3. The molecule has 0 heterocycles. The zero-order chi connectivity index (χ0) is 19.3. The average Bonchev–Trinajstić information content (AvgIpc) is 2.55. The summed E-state index contributed by atoms with van der Waals surface area (Å²) in [6.45, 7) is -10.6. The molecule has 0 amide bonds. The second-order valence-electron chi connectivity index (χ2n) is 4.53. The van der Waals surface area contributed by atoms with Crippen LogP contribution < -0.4 is 108 Å². The van der Waals surface area contributed by atoms with E-state index >= 15 is 0 Å². The van der Waals surface area contributed by atoms with E-state index in [-0.39, 0.29) is 109 Å². The van der Waals surface area contributed by atoms with Gasteiger partial charge in [-0.25, -0.2) is 0 Å². The van der Waals surface area contributed by atoms with Gasteiger partial charge in [0.1, 0.15) is 11.5 Å². The van der Waals surface area contributed by atoms with Gasteiger partial charge >= 0.3 is 117 Å². The molecule has 0 aliphatic heterocycles. The van der Waals surface area contributed by atoms with Crippen LogP contribution in [-0.2, 0) is 0 Å². The molecule has 0 fully saturated rings. The van der Waals surface area contributed by atoms with Crippen LogP contribution in [0.4, 0.5) is 25.9 Å². The van der Waals surface area contributed by atoms with Crippen LogP contribution in [0.3, 0.4) is 0 Å². The van der Waals surface area contributed by atoms with Crippen LogP contribution in [-0.4, -0.2) is 30.8 Å². The third-order valence-electron chi connectivity index (χ3n) is 2.11. The number of hydrogen-bond donors (Lipinski definition) is 1. The second-order valence-corrected chi connectivity index (χ2v) is 5.18. The van der Waals surface area contributed by atoms with Crippen LogP contribution in [0.15, 0.2) is 60.7 Å². The summed E-state index contributed by atoms with van der Waals surface area (Å²) in [7, 11) is 0. The Morgan fingerprint density at radius 1 is 0.741 bits per heavy atom. The van der Waals surface area contributed by atoms with E-state index in [4.69, 9.17) is 5.11 Å². The van der Waals surface area contributed by atoms with Crippen molar-refractivity contribution in [2.45, 2.75) is 0 Å². The van der Waals surface area contributed by atoms with E-state index in [1.165, 1.54) is 12.1 Å². The van der Waals surface area contributed by atoms with Crippen molar-refractivity contribution in [3.63, 3.8) is 0 Å². The Hall–Kier alpha value is 1.50. The Balaban J connectivity index is -0.000000333. The van der Waals surface area contributed by atoms with E-state index in [1.54, 1.807) is 42.5 Å². The molecule has 0 atom stereocenters. The smallest absolute Gasteiger partial charge is 0.522 e. The first-order valence-electron chi connectivity index (χ1n) is 6.93. The molecule has 0 bridgehead atoms. The Kier molecular flexibility index (Phi) is 22.4. The van der Waals surface area contributed by atoms with Crippen LogP contribution in [0.1, 0.15) is 0 Å². The predicted octanol–water partition coefficient (Wildman–Crippen LogP) is -0.380. The van der Waals surface area contributed by atoms with E-state index in [0.29, 0.717) is 5.75 Å². The molecule has 0 unspecified atom stereocenters. The fraction of sp³-hybridized carbons (Fsp3) is 0.143. The fourth-order valence-electron chi connectivity index (χ4n) is 1.14. The van der Waals surface area contributed by atoms with Crippen molar-refractivity contribution in [2.75, 3.05) is 11.7 Å². The molecule has 1 N–H and O–H groups in total. The minimum absolute atomic E-state index is 0. The number of hydrogen-bond acceptors (Lipinski definition) is 2. The first-order chi connectivity index (χ1) is 11.5. The Morgan fingerprint density at radius 2 is 1.11 bits per heavy atom. The Labute approximate surface area is 247 Å². The summed E-state index contributed by atoms with van der Waals surface area (Å²) in [6, 6.07) is 16.6. The maximum atomic E-state index is 11.7. The summed E-state index contributed by atoms with van der Waals surface area (Å²) >= 11 is 2.27. The minimum atomic E-state index is -4.85. The zero-order valence-corrected chi connectivity index (χ0v) is 22.7. The quantitative estimate of drug-likeness (QED) is 0.347. The molecule has 2 nitrogen and oxygen atoms in total. The van der Waals surface area contributed by atoms with Crippen molar-refractivity contribution in [2.24, 2.45) is 0 Å². The number of aromatic hydroxyl groups is 1. The van der Waals surface area contributed by atoms with Gasteiger partial charge in [-0.15, -0.1) is 15.9 Å². The van der Waals surface area contributed by atoms with Crippen LogP contribution in [0.2, 0.25) is 0 Å². The summed E-state index contributed by atoms with van der Waals surface area (Å²) in [5.74, 6) is 0.569. The monoisotopic (exact) mass is 508 g/mol. The molecule has 0 radical (unpaired) electrons. The van der Waals surface area contributed by atoms with Gasteiger partial charge < -0.3 is 35.7 Å². The van der Waals surface area contributed by atoms with E-state index in [2.05, 4.69) is 20.7 Å². The fourth-order valence-corrected chi connectivity index (χ4v) is 1.14. The molecule has 13 heteroatoms. The molecular weight excluding hydrogens is 494 g/mol. The number of phenols is 1. The number of ether oxygens (including phenoxy) is 1. The number of alkyl halides is 1. The average molecular weight is 509 g/mol. The van der Waals surface area contributed by atoms with Gasteiger partial charge in [0, 0.05) is 0 Å². The van der Waals surface area contributed by atoms with Gasteiger partial charge in [-0.2, -0.15) is 0 Å². The SMILES string of the molecule is F[B-](F)(F)CBr.F[B-](F)(F)COc1ccccc1.Oc1ccccc1.[K+].[K+].